The van der Waals surface area contributed by atoms with E-state index in [9.17, 15) is 9.59 Å². The van der Waals surface area contributed by atoms with Gasteiger partial charge in [-0.25, -0.2) is 0 Å². The van der Waals surface area contributed by atoms with Gasteiger partial charge in [-0.2, -0.15) is 0 Å². The van der Waals surface area contributed by atoms with Crippen molar-refractivity contribution in [3.63, 3.8) is 0 Å². The minimum absolute atomic E-state index is 0.00774. The molecule has 0 aromatic heterocycles. The molecule has 0 saturated carbocycles. The summed E-state index contributed by atoms with van der Waals surface area (Å²) in [7, 11) is 0. The van der Waals surface area contributed by atoms with Crippen LogP contribution >= 0.6 is 0 Å². The normalized spacial score (nSPS) is 9.12. The number of Topliss-reactive ketones (excluding diaryl/α,β-unsaturated/α-hetero) is 1. The number of carbonyl (C=O) groups is 2. The van der Waals surface area contributed by atoms with E-state index in [1.807, 2.05) is 13.8 Å². The third-order valence-electron chi connectivity index (χ3n) is 2.02. The smallest absolute Gasteiger partial charge is 0.303 e. The number of aliphatic hydroxyl groups excluding tert-OH is 1. The Balaban J connectivity index is 0.00000121. The molecule has 2 N–H and O–H groups in total. The summed E-state index contributed by atoms with van der Waals surface area (Å²) in [6, 6.07) is 6.48. The van der Waals surface area contributed by atoms with Gasteiger partial charge >= 0.3 is 5.97 Å². The second kappa shape index (κ2) is 8.47. The maximum atomic E-state index is 11.4. The van der Waals surface area contributed by atoms with Gasteiger partial charge in [-0.05, 0) is 5.56 Å². The lowest BCUT2D eigenvalue weighted by atomic mass is 10.1. The number of aliphatic hydroxyl groups is 1. The zero-order valence-electron chi connectivity index (χ0n) is 10.1. The molecule has 4 nitrogen and oxygen atoms in total. The van der Waals surface area contributed by atoms with Crippen LogP contribution in [0.2, 0.25) is 0 Å². The van der Waals surface area contributed by atoms with Crippen molar-refractivity contribution in [1.29, 1.82) is 0 Å². The van der Waals surface area contributed by atoms with Crippen LogP contribution in [0.3, 0.4) is 0 Å². The van der Waals surface area contributed by atoms with Crippen molar-refractivity contribution in [3.8, 4) is 0 Å². The highest BCUT2D eigenvalue weighted by molar-refractivity contribution is 5.97. The summed E-state index contributed by atoms with van der Waals surface area (Å²) in [4.78, 5) is 21.7. The number of carbonyl (C=O) groups excluding carboxylic acids is 1. The van der Waals surface area contributed by atoms with E-state index in [-0.39, 0.29) is 25.2 Å². The average molecular weight is 238 g/mol. The van der Waals surface area contributed by atoms with E-state index in [1.54, 1.807) is 24.3 Å². The molecule has 4 heteroatoms. The first-order chi connectivity index (χ1) is 8.13. The van der Waals surface area contributed by atoms with Crippen LogP contribution in [0.15, 0.2) is 24.3 Å². The van der Waals surface area contributed by atoms with Gasteiger partial charge in [-0.1, -0.05) is 38.1 Å². The van der Waals surface area contributed by atoms with Crippen LogP contribution < -0.4 is 0 Å². The summed E-state index contributed by atoms with van der Waals surface area (Å²) < 4.78 is 0. The minimum Gasteiger partial charge on any atom is -0.481 e. The van der Waals surface area contributed by atoms with E-state index in [2.05, 4.69) is 0 Å². The summed E-state index contributed by atoms with van der Waals surface area (Å²) in [6.45, 7) is 3.93. The molecule has 0 unspecified atom stereocenters. The molecule has 1 rings (SSSR count). The number of hydrogen-bond acceptors (Lipinski definition) is 3. The van der Waals surface area contributed by atoms with Gasteiger partial charge in [-0.3, -0.25) is 9.59 Å². The van der Waals surface area contributed by atoms with Gasteiger partial charge in [-0.15, -0.1) is 0 Å². The lowest BCUT2D eigenvalue weighted by Gasteiger charge is -2.00. The molecule has 1 aromatic rings. The largest absolute Gasteiger partial charge is 0.481 e. The highest BCUT2D eigenvalue weighted by atomic mass is 16.4. The molecule has 0 aliphatic rings. The van der Waals surface area contributed by atoms with Crippen LogP contribution in [-0.2, 0) is 11.4 Å². The molecule has 0 aliphatic carbocycles. The molecular formula is C13H18O4. The van der Waals surface area contributed by atoms with Crippen molar-refractivity contribution >= 4 is 11.8 Å². The highest BCUT2D eigenvalue weighted by Gasteiger charge is 2.07. The Morgan fingerprint density at radius 2 is 1.59 bits per heavy atom. The zero-order chi connectivity index (χ0) is 13.3. The molecule has 0 bridgehead atoms. The van der Waals surface area contributed by atoms with E-state index in [4.69, 9.17) is 10.2 Å². The van der Waals surface area contributed by atoms with Gasteiger partial charge in [0.1, 0.15) is 0 Å². The summed E-state index contributed by atoms with van der Waals surface area (Å²) in [5.41, 5.74) is 1.21. The molecule has 0 fully saturated rings. The van der Waals surface area contributed by atoms with Crippen molar-refractivity contribution in [2.45, 2.75) is 33.3 Å². The number of benzene rings is 1. The lowest BCUT2D eigenvalue weighted by molar-refractivity contribution is -0.136. The maximum absolute atomic E-state index is 11.4. The van der Waals surface area contributed by atoms with Gasteiger partial charge < -0.3 is 10.2 Å². The van der Waals surface area contributed by atoms with Crippen molar-refractivity contribution in [2.75, 3.05) is 0 Å². The quantitative estimate of drug-likeness (QED) is 0.771. The van der Waals surface area contributed by atoms with E-state index < -0.39 is 5.97 Å². The molecule has 0 heterocycles. The number of carboxylic acid groups (broad SMARTS) is 1. The van der Waals surface area contributed by atoms with Gasteiger partial charge in [0.05, 0.1) is 13.0 Å². The predicted molar refractivity (Wildman–Crippen MR) is 64.9 cm³/mol. The molecule has 0 amide bonds. The summed E-state index contributed by atoms with van der Waals surface area (Å²) in [6.07, 6.45) is -0.144. The second-order valence-electron chi connectivity index (χ2n) is 3.17. The number of carboxylic acids is 1. The topological polar surface area (TPSA) is 74.6 Å². The summed E-state index contributed by atoms with van der Waals surface area (Å²) in [5.74, 6) is -1.17. The van der Waals surface area contributed by atoms with Gasteiger partial charge in [0, 0.05) is 12.0 Å². The molecule has 94 valence electrons. The Kier molecular flexibility index (Phi) is 7.63. The fraction of sp³-hybridized carbons (Fsp3) is 0.385. The fourth-order valence-electron chi connectivity index (χ4n) is 1.16. The Morgan fingerprint density at radius 1 is 1.06 bits per heavy atom. The Bertz CT molecular complexity index is 354. The van der Waals surface area contributed by atoms with Crippen molar-refractivity contribution in [2.24, 2.45) is 0 Å². The average Bonchev–Trinajstić information content (AvgIpc) is 2.38. The Morgan fingerprint density at radius 3 is 2.00 bits per heavy atom. The summed E-state index contributed by atoms with van der Waals surface area (Å²) in [5, 5.41) is 17.2. The SMILES string of the molecule is CC.O=C(O)CCC(=O)c1ccc(CO)cc1. The first-order valence-electron chi connectivity index (χ1n) is 5.58. The van der Waals surface area contributed by atoms with Crippen LogP contribution in [0.4, 0.5) is 0 Å². The first-order valence-corrected chi connectivity index (χ1v) is 5.58. The molecular weight excluding hydrogens is 220 g/mol. The molecule has 0 spiro atoms. The van der Waals surface area contributed by atoms with Crippen LogP contribution in [0.25, 0.3) is 0 Å². The third-order valence-corrected chi connectivity index (χ3v) is 2.02. The lowest BCUT2D eigenvalue weighted by Crippen LogP contribution is -2.03. The van der Waals surface area contributed by atoms with E-state index in [1.165, 1.54) is 0 Å². The van der Waals surface area contributed by atoms with Crippen molar-refractivity contribution in [1.82, 2.24) is 0 Å². The minimum atomic E-state index is -0.977. The van der Waals surface area contributed by atoms with E-state index in [0.717, 1.165) is 5.56 Å². The molecule has 17 heavy (non-hydrogen) atoms. The van der Waals surface area contributed by atoms with Crippen LogP contribution in [0, 0.1) is 0 Å². The fourth-order valence-corrected chi connectivity index (χ4v) is 1.16. The highest BCUT2D eigenvalue weighted by Crippen LogP contribution is 2.08. The number of ketones is 1. The van der Waals surface area contributed by atoms with E-state index in [0.29, 0.717) is 5.56 Å². The first kappa shape index (κ1) is 15.3. The number of hydrogen-bond donors (Lipinski definition) is 2. The Labute approximate surface area is 101 Å². The second-order valence-corrected chi connectivity index (χ2v) is 3.17. The van der Waals surface area contributed by atoms with E-state index >= 15 is 0 Å². The Hall–Kier alpha value is -1.68. The standard InChI is InChI=1S/C11H12O4.C2H6/c12-7-8-1-3-9(4-2-8)10(13)5-6-11(14)15;1-2/h1-4,12H,5-7H2,(H,14,15);1-2H3. The number of rotatable bonds is 5. The van der Waals surface area contributed by atoms with Gasteiger partial charge in [0.15, 0.2) is 5.78 Å². The number of aliphatic carboxylic acids is 1. The monoisotopic (exact) mass is 238 g/mol. The van der Waals surface area contributed by atoms with Gasteiger partial charge in [0.2, 0.25) is 0 Å². The van der Waals surface area contributed by atoms with Crippen molar-refractivity contribution in [3.05, 3.63) is 35.4 Å². The summed E-state index contributed by atoms with van der Waals surface area (Å²) >= 11 is 0. The predicted octanol–water partition coefficient (Wildman–Crippen LogP) is 2.25. The molecule has 0 aliphatic heterocycles. The molecule has 0 atom stereocenters. The maximum Gasteiger partial charge on any atom is 0.303 e. The molecule has 0 saturated heterocycles. The third kappa shape index (κ3) is 5.82. The molecule has 1 aromatic carbocycles. The van der Waals surface area contributed by atoms with Crippen LogP contribution in [0.1, 0.15) is 42.6 Å². The van der Waals surface area contributed by atoms with Gasteiger partial charge in [0.25, 0.3) is 0 Å². The molecule has 0 radical (unpaired) electrons. The zero-order valence-corrected chi connectivity index (χ0v) is 10.1. The van der Waals surface area contributed by atoms with Crippen LogP contribution in [-0.4, -0.2) is 22.0 Å². The van der Waals surface area contributed by atoms with Crippen molar-refractivity contribution < 1.29 is 19.8 Å². The van der Waals surface area contributed by atoms with Crippen LogP contribution in [0.5, 0.6) is 0 Å².